The molecule has 0 aliphatic heterocycles. The van der Waals surface area contributed by atoms with Gasteiger partial charge in [0.25, 0.3) is 0 Å². The molecule has 108 valence electrons. The Morgan fingerprint density at radius 2 is 1.50 bits per heavy atom. The maximum atomic E-state index is 13.0. The second-order valence-electron chi connectivity index (χ2n) is 3.56. The minimum atomic E-state index is -2.54. The molecule has 0 unspecified atom stereocenters. The van der Waals surface area contributed by atoms with Crippen LogP contribution in [0.3, 0.4) is 0 Å². The molecule has 3 rings (SSSR count). The van der Waals surface area contributed by atoms with E-state index in [-0.39, 0.29) is 0 Å². The van der Waals surface area contributed by atoms with Crippen LogP contribution in [0, 0.1) is 0 Å². The monoisotopic (exact) mass is 278 g/mol. The molecule has 2 nitrogen and oxygen atoms in total. The first-order chi connectivity index (χ1) is 9.79. The summed E-state index contributed by atoms with van der Waals surface area (Å²) in [6.07, 6.45) is 3.15. The molecule has 0 aliphatic rings. The van der Waals surface area contributed by atoms with Crippen LogP contribution < -0.4 is 0 Å². The average Bonchev–Trinajstić information content (AvgIpc) is 2.86. The van der Waals surface area contributed by atoms with Crippen molar-refractivity contribution in [2.45, 2.75) is 34.2 Å². The molecule has 0 saturated carbocycles. The predicted octanol–water partition coefficient (Wildman–Crippen LogP) is 5.64. The van der Waals surface area contributed by atoms with Gasteiger partial charge in [-0.25, -0.2) is 0 Å². The number of para-hydroxylation sites is 1. The predicted molar refractivity (Wildman–Crippen MR) is 81.2 cm³/mol. The van der Waals surface area contributed by atoms with Gasteiger partial charge in [-0.05, 0) is 12.1 Å². The molecule has 0 aliphatic carbocycles. The topological polar surface area (TPSA) is 17.8 Å². The van der Waals surface area contributed by atoms with E-state index in [9.17, 15) is 8.78 Å². The summed E-state index contributed by atoms with van der Waals surface area (Å²) < 4.78 is 27.0. The number of halogens is 2. The van der Waals surface area contributed by atoms with E-state index in [1.54, 1.807) is 24.4 Å². The molecule has 3 aromatic rings. The Kier molecular flexibility index (Phi) is 6.10. The van der Waals surface area contributed by atoms with Crippen LogP contribution in [0.25, 0.3) is 21.8 Å². The van der Waals surface area contributed by atoms with Crippen molar-refractivity contribution in [1.29, 1.82) is 0 Å². The van der Waals surface area contributed by atoms with Crippen molar-refractivity contribution in [1.82, 2.24) is 9.55 Å². The second-order valence-corrected chi connectivity index (χ2v) is 3.56. The zero-order chi connectivity index (χ0) is 15.1. The average molecular weight is 278 g/mol. The third-order valence-electron chi connectivity index (χ3n) is 2.71. The molecule has 2 heterocycles. The molecule has 0 radical (unpaired) electrons. The van der Waals surface area contributed by atoms with Crippen LogP contribution in [0.5, 0.6) is 0 Å². The third kappa shape index (κ3) is 2.79. The van der Waals surface area contributed by atoms with Crippen LogP contribution >= 0.6 is 0 Å². The summed E-state index contributed by atoms with van der Waals surface area (Å²) in [4.78, 5) is 3.98. The highest BCUT2D eigenvalue weighted by Crippen LogP contribution is 2.31. The van der Waals surface area contributed by atoms with Crippen LogP contribution in [-0.4, -0.2) is 9.55 Å². The Bertz CT molecular complexity index is 606. The number of nitrogens with zero attached hydrogens (tertiary/aromatic N) is 2. The fraction of sp³-hybridized carbons (Fsp3) is 0.312. The van der Waals surface area contributed by atoms with E-state index in [4.69, 9.17) is 0 Å². The van der Waals surface area contributed by atoms with Crippen molar-refractivity contribution in [3.63, 3.8) is 0 Å². The summed E-state index contributed by atoms with van der Waals surface area (Å²) in [5, 5.41) is 1.57. The highest BCUT2D eigenvalue weighted by molar-refractivity contribution is 6.07. The number of rotatable bonds is 1. The van der Waals surface area contributed by atoms with Crippen LogP contribution in [0.15, 0.2) is 42.7 Å². The van der Waals surface area contributed by atoms with Gasteiger partial charge in [0.05, 0.1) is 11.0 Å². The van der Waals surface area contributed by atoms with Gasteiger partial charge in [-0.15, -0.1) is 0 Å². The summed E-state index contributed by atoms with van der Waals surface area (Å²) >= 11 is 0. The van der Waals surface area contributed by atoms with Gasteiger partial charge in [-0.2, -0.15) is 8.78 Å². The number of hydrogen-bond acceptors (Lipinski definition) is 1. The number of alkyl halides is 2. The summed E-state index contributed by atoms with van der Waals surface area (Å²) in [5.41, 5.74) is 1.06. The second kappa shape index (κ2) is 7.58. The lowest BCUT2D eigenvalue weighted by atomic mass is 10.2. The van der Waals surface area contributed by atoms with Crippen molar-refractivity contribution < 1.29 is 8.78 Å². The number of fused-ring (bicyclic) bond motifs is 3. The van der Waals surface area contributed by atoms with Crippen LogP contribution in [0.4, 0.5) is 8.78 Å². The molecule has 20 heavy (non-hydrogen) atoms. The minimum absolute atomic E-state index is 0.520. The van der Waals surface area contributed by atoms with Gasteiger partial charge >= 0.3 is 6.55 Å². The summed E-state index contributed by atoms with van der Waals surface area (Å²) in [6.45, 7) is 5.46. The molecule has 0 saturated heterocycles. The molecular formula is C16H20F2N2. The highest BCUT2D eigenvalue weighted by Gasteiger charge is 2.15. The van der Waals surface area contributed by atoms with Crippen molar-refractivity contribution in [2.24, 2.45) is 0 Å². The normalized spacial score (nSPS) is 9.95. The van der Waals surface area contributed by atoms with E-state index in [1.807, 2.05) is 39.8 Å². The number of benzene rings is 1. The molecule has 0 fully saturated rings. The van der Waals surface area contributed by atoms with Crippen molar-refractivity contribution in [3.05, 3.63) is 42.7 Å². The lowest BCUT2D eigenvalue weighted by Crippen LogP contribution is -1.96. The molecule has 1 aromatic carbocycles. The molecule has 0 N–H and O–H groups in total. The van der Waals surface area contributed by atoms with Gasteiger partial charge in [0.1, 0.15) is 0 Å². The molecular weight excluding hydrogens is 258 g/mol. The lowest BCUT2D eigenvalue weighted by Gasteiger charge is -2.04. The molecule has 0 bridgehead atoms. The zero-order valence-electron chi connectivity index (χ0n) is 12.3. The van der Waals surface area contributed by atoms with Gasteiger partial charge in [-0.1, -0.05) is 45.9 Å². The molecule has 0 atom stereocenters. The summed E-state index contributed by atoms with van der Waals surface area (Å²) in [5.74, 6) is 0. The molecule has 0 spiro atoms. The van der Waals surface area contributed by atoms with Gasteiger partial charge in [0, 0.05) is 23.2 Å². The summed E-state index contributed by atoms with van der Waals surface area (Å²) in [7, 11) is 0. The Morgan fingerprint density at radius 3 is 2.15 bits per heavy atom. The maximum Gasteiger partial charge on any atom is 0.319 e. The van der Waals surface area contributed by atoms with Gasteiger partial charge < -0.3 is 0 Å². The Hall–Kier alpha value is -1.97. The number of hydrogen-bond donors (Lipinski definition) is 0. The van der Waals surface area contributed by atoms with Crippen molar-refractivity contribution >= 4 is 21.8 Å². The first kappa shape index (κ1) is 16.1. The third-order valence-corrected chi connectivity index (χ3v) is 2.71. The fourth-order valence-corrected chi connectivity index (χ4v) is 2.06. The first-order valence-electron chi connectivity index (χ1n) is 6.90. The van der Waals surface area contributed by atoms with Gasteiger partial charge in [0.2, 0.25) is 0 Å². The van der Waals surface area contributed by atoms with Crippen LogP contribution in [-0.2, 0) is 0 Å². The van der Waals surface area contributed by atoms with Crippen LogP contribution in [0.2, 0.25) is 0 Å². The van der Waals surface area contributed by atoms with Crippen molar-refractivity contribution in [3.8, 4) is 0 Å². The summed E-state index contributed by atoms with van der Waals surface area (Å²) in [6, 6.07) is 8.74. The Balaban J connectivity index is 0.000000461. The molecule has 2 aromatic heterocycles. The van der Waals surface area contributed by atoms with E-state index < -0.39 is 6.55 Å². The lowest BCUT2D eigenvalue weighted by molar-refractivity contribution is 0.0796. The van der Waals surface area contributed by atoms with Gasteiger partial charge in [0.15, 0.2) is 0 Å². The highest BCUT2D eigenvalue weighted by atomic mass is 19.3. The number of aromatic nitrogens is 2. The van der Waals surface area contributed by atoms with E-state index in [0.29, 0.717) is 11.0 Å². The fourth-order valence-electron chi connectivity index (χ4n) is 2.06. The quantitative estimate of drug-likeness (QED) is 0.563. The largest absolute Gasteiger partial charge is 0.319 e. The smallest absolute Gasteiger partial charge is 0.284 e. The Morgan fingerprint density at radius 1 is 0.900 bits per heavy atom. The minimum Gasteiger partial charge on any atom is -0.284 e. The van der Waals surface area contributed by atoms with Crippen molar-refractivity contribution in [2.75, 3.05) is 0 Å². The maximum absolute atomic E-state index is 13.0. The zero-order valence-corrected chi connectivity index (χ0v) is 12.3. The Labute approximate surface area is 118 Å². The van der Waals surface area contributed by atoms with E-state index in [0.717, 1.165) is 15.3 Å². The number of pyridine rings is 1. The standard InChI is InChI=1S/C12H8F2N2.2C2H6/c13-12(14)16-10-4-2-1-3-8(10)9-7-15-6-5-11(9)16;2*1-2/h1-7,12H;2*1-2H3. The molecule has 4 heteroatoms. The van der Waals surface area contributed by atoms with E-state index >= 15 is 0 Å². The van der Waals surface area contributed by atoms with Crippen LogP contribution in [0.1, 0.15) is 34.2 Å². The SMILES string of the molecule is CC.CC.FC(F)n1c2ccccc2c2cnccc21. The molecule has 0 amide bonds. The van der Waals surface area contributed by atoms with E-state index in [1.165, 1.54) is 6.20 Å². The first-order valence-corrected chi connectivity index (χ1v) is 6.90. The van der Waals surface area contributed by atoms with Gasteiger partial charge in [-0.3, -0.25) is 9.55 Å². The van der Waals surface area contributed by atoms with E-state index in [2.05, 4.69) is 4.98 Å².